The molecule has 1 fully saturated rings. The molecule has 3 N–H and O–H groups in total. The summed E-state index contributed by atoms with van der Waals surface area (Å²) in [6.07, 6.45) is 1.63. The van der Waals surface area contributed by atoms with Crippen molar-refractivity contribution < 1.29 is 14.5 Å². The summed E-state index contributed by atoms with van der Waals surface area (Å²) in [4.78, 5) is 28.6. The molecule has 6 nitrogen and oxygen atoms in total. The number of rotatable bonds is 6. The van der Waals surface area contributed by atoms with E-state index < -0.39 is 0 Å². The number of piperidine rings is 1. The number of para-hydroxylation sites is 1. The van der Waals surface area contributed by atoms with Crippen LogP contribution in [0.25, 0.3) is 0 Å². The number of likely N-dealkylation sites (tertiary alicyclic amines) is 1. The molecule has 2 aromatic carbocycles. The molecule has 2 aromatic rings. The third-order valence-corrected chi connectivity index (χ3v) is 5.24. The molecule has 2 atom stereocenters. The largest absolute Gasteiger partial charge is 0.343 e. The van der Waals surface area contributed by atoms with Gasteiger partial charge in [-0.15, -0.1) is 0 Å². The zero-order valence-electron chi connectivity index (χ0n) is 17.2. The standard InChI is InChI=1S/C23H30N4O2/c1-26(2)17-21(18-10-5-3-6-11-18)25-22(28)19-12-9-15-27(16-19)23(29)24-20-13-7-4-8-14-20/h3-8,10-11,13-14,19,21H,9,12,15-17H2,1-2H3,(H,24,29)(H,25,28)/p+1/t19-,21+/m0/s1. The number of carbonyl (C=O) groups excluding carboxylic acids is 2. The number of nitrogens with zero attached hydrogens (tertiary/aromatic N) is 1. The van der Waals surface area contributed by atoms with E-state index in [0.29, 0.717) is 13.1 Å². The molecule has 0 spiro atoms. The quantitative estimate of drug-likeness (QED) is 0.700. The second-order valence-corrected chi connectivity index (χ2v) is 7.96. The van der Waals surface area contributed by atoms with Gasteiger partial charge in [0.2, 0.25) is 5.91 Å². The maximum absolute atomic E-state index is 13.0. The minimum absolute atomic E-state index is 0.0253. The summed E-state index contributed by atoms with van der Waals surface area (Å²) in [7, 11) is 4.16. The van der Waals surface area contributed by atoms with E-state index in [4.69, 9.17) is 0 Å². The minimum atomic E-state index is -0.186. The predicted molar refractivity (Wildman–Crippen MR) is 115 cm³/mol. The summed E-state index contributed by atoms with van der Waals surface area (Å²) in [6.45, 7) is 1.92. The Hall–Kier alpha value is -2.86. The van der Waals surface area contributed by atoms with Gasteiger partial charge in [0.15, 0.2) is 0 Å². The Morgan fingerprint density at radius 1 is 1.07 bits per heavy atom. The lowest BCUT2D eigenvalue weighted by atomic mass is 9.96. The highest BCUT2D eigenvalue weighted by Crippen LogP contribution is 2.20. The van der Waals surface area contributed by atoms with Gasteiger partial charge < -0.3 is 20.4 Å². The van der Waals surface area contributed by atoms with Crippen LogP contribution in [0.4, 0.5) is 10.5 Å². The van der Waals surface area contributed by atoms with Gasteiger partial charge in [0.05, 0.1) is 20.0 Å². The molecule has 29 heavy (non-hydrogen) atoms. The Bertz CT molecular complexity index is 795. The van der Waals surface area contributed by atoms with Crippen LogP contribution in [0, 0.1) is 5.92 Å². The topological polar surface area (TPSA) is 65.9 Å². The number of hydrogen-bond donors (Lipinski definition) is 3. The lowest BCUT2D eigenvalue weighted by molar-refractivity contribution is -0.860. The fraction of sp³-hybridized carbons (Fsp3) is 0.391. The van der Waals surface area contributed by atoms with Crippen LogP contribution in [0.15, 0.2) is 60.7 Å². The lowest BCUT2D eigenvalue weighted by Crippen LogP contribution is -3.06. The van der Waals surface area contributed by atoms with E-state index in [9.17, 15) is 9.59 Å². The van der Waals surface area contributed by atoms with Gasteiger partial charge in [0.25, 0.3) is 0 Å². The first-order valence-corrected chi connectivity index (χ1v) is 10.3. The van der Waals surface area contributed by atoms with E-state index in [1.54, 1.807) is 4.90 Å². The first-order valence-electron chi connectivity index (χ1n) is 10.3. The molecular weight excluding hydrogens is 364 g/mol. The Morgan fingerprint density at radius 2 is 1.72 bits per heavy atom. The third kappa shape index (κ3) is 6.06. The molecule has 1 aliphatic heterocycles. The first kappa shape index (κ1) is 20.9. The van der Waals surface area contributed by atoms with Crippen LogP contribution in [0.2, 0.25) is 0 Å². The maximum Gasteiger partial charge on any atom is 0.321 e. The van der Waals surface area contributed by atoms with Crippen LogP contribution in [0.5, 0.6) is 0 Å². The molecule has 0 saturated carbocycles. The summed E-state index contributed by atoms with van der Waals surface area (Å²) in [5.74, 6) is -0.161. The van der Waals surface area contributed by atoms with Gasteiger partial charge in [-0.1, -0.05) is 48.5 Å². The van der Waals surface area contributed by atoms with Crippen molar-refractivity contribution in [3.8, 4) is 0 Å². The highest BCUT2D eigenvalue weighted by Gasteiger charge is 2.30. The number of quaternary nitrogens is 1. The van der Waals surface area contributed by atoms with Gasteiger partial charge in [-0.05, 0) is 30.5 Å². The van der Waals surface area contributed by atoms with Crippen LogP contribution in [-0.2, 0) is 4.79 Å². The SMILES string of the molecule is C[NH+](C)C[C@@H](NC(=O)[C@H]1CCCN(C(=O)Nc2ccccc2)C1)c1ccccc1. The maximum atomic E-state index is 13.0. The Balaban J connectivity index is 1.61. The van der Waals surface area contributed by atoms with E-state index in [1.807, 2.05) is 60.7 Å². The monoisotopic (exact) mass is 395 g/mol. The van der Waals surface area contributed by atoms with E-state index in [2.05, 4.69) is 24.7 Å². The van der Waals surface area contributed by atoms with E-state index >= 15 is 0 Å². The number of urea groups is 1. The van der Waals surface area contributed by atoms with Gasteiger partial charge in [-0.25, -0.2) is 4.79 Å². The molecule has 0 aromatic heterocycles. The minimum Gasteiger partial charge on any atom is -0.343 e. The van der Waals surface area contributed by atoms with Gasteiger partial charge in [0, 0.05) is 18.8 Å². The van der Waals surface area contributed by atoms with E-state index in [-0.39, 0.29) is 23.9 Å². The summed E-state index contributed by atoms with van der Waals surface area (Å²) in [5, 5.41) is 6.14. The average molecular weight is 396 g/mol. The molecule has 1 saturated heterocycles. The van der Waals surface area contributed by atoms with Crippen molar-refractivity contribution in [3.05, 3.63) is 66.2 Å². The van der Waals surface area contributed by atoms with Crippen LogP contribution in [0.3, 0.4) is 0 Å². The number of nitrogens with one attached hydrogen (secondary N) is 3. The van der Waals surface area contributed by atoms with Crippen LogP contribution < -0.4 is 15.5 Å². The molecule has 3 rings (SSSR count). The molecule has 0 bridgehead atoms. The van der Waals surface area contributed by atoms with Crippen molar-refractivity contribution in [1.29, 1.82) is 0 Å². The fourth-order valence-electron chi connectivity index (χ4n) is 3.74. The molecule has 154 valence electrons. The molecule has 0 unspecified atom stereocenters. The molecular formula is C23H31N4O2+. The van der Waals surface area contributed by atoms with Crippen molar-refractivity contribution in [1.82, 2.24) is 10.2 Å². The summed E-state index contributed by atoms with van der Waals surface area (Å²) in [5.41, 5.74) is 1.87. The van der Waals surface area contributed by atoms with E-state index in [1.165, 1.54) is 4.90 Å². The van der Waals surface area contributed by atoms with Crippen molar-refractivity contribution in [3.63, 3.8) is 0 Å². The van der Waals surface area contributed by atoms with Crippen molar-refractivity contribution in [2.24, 2.45) is 5.92 Å². The Labute approximate surface area is 172 Å². The summed E-state index contributed by atoms with van der Waals surface area (Å²) < 4.78 is 0. The summed E-state index contributed by atoms with van der Waals surface area (Å²) in [6, 6.07) is 19.3. The van der Waals surface area contributed by atoms with Gasteiger partial charge in [0.1, 0.15) is 12.6 Å². The molecule has 3 amide bonds. The fourth-order valence-corrected chi connectivity index (χ4v) is 3.74. The highest BCUT2D eigenvalue weighted by molar-refractivity contribution is 5.90. The Morgan fingerprint density at radius 3 is 2.38 bits per heavy atom. The summed E-state index contributed by atoms with van der Waals surface area (Å²) >= 11 is 0. The number of amides is 3. The second kappa shape index (κ2) is 10.1. The van der Waals surface area contributed by atoms with Crippen molar-refractivity contribution in [2.75, 3.05) is 39.0 Å². The Kier molecular flexibility index (Phi) is 7.25. The van der Waals surface area contributed by atoms with Gasteiger partial charge in [-0.2, -0.15) is 0 Å². The highest BCUT2D eigenvalue weighted by atomic mass is 16.2. The molecule has 1 aliphatic rings. The molecule has 1 heterocycles. The number of likely N-dealkylation sites (N-methyl/N-ethyl adjacent to an activating group) is 1. The van der Waals surface area contributed by atoms with E-state index in [0.717, 1.165) is 30.6 Å². The molecule has 0 radical (unpaired) electrons. The van der Waals surface area contributed by atoms with Crippen molar-refractivity contribution in [2.45, 2.75) is 18.9 Å². The number of anilines is 1. The molecule has 0 aliphatic carbocycles. The lowest BCUT2D eigenvalue weighted by Gasteiger charge is -2.33. The normalized spacial score (nSPS) is 17.6. The first-order chi connectivity index (χ1) is 14.0. The van der Waals surface area contributed by atoms with Gasteiger partial charge in [-0.3, -0.25) is 4.79 Å². The molecule has 6 heteroatoms. The smallest absolute Gasteiger partial charge is 0.321 e. The number of hydrogen-bond acceptors (Lipinski definition) is 2. The second-order valence-electron chi connectivity index (χ2n) is 7.96. The zero-order valence-corrected chi connectivity index (χ0v) is 17.2. The zero-order chi connectivity index (χ0) is 20.6. The van der Waals surface area contributed by atoms with Crippen LogP contribution in [0.1, 0.15) is 24.4 Å². The van der Waals surface area contributed by atoms with Gasteiger partial charge >= 0.3 is 6.03 Å². The van der Waals surface area contributed by atoms with Crippen molar-refractivity contribution >= 4 is 17.6 Å². The number of carbonyl (C=O) groups is 2. The number of benzene rings is 2. The van der Waals surface area contributed by atoms with Crippen LogP contribution in [-0.4, -0.2) is 50.6 Å². The third-order valence-electron chi connectivity index (χ3n) is 5.24. The van der Waals surface area contributed by atoms with Crippen LogP contribution >= 0.6 is 0 Å². The predicted octanol–water partition coefficient (Wildman–Crippen LogP) is 1.93. The average Bonchev–Trinajstić information content (AvgIpc) is 2.74.